The summed E-state index contributed by atoms with van der Waals surface area (Å²) in [6.45, 7) is 2.05. The molecule has 7 heteroatoms. The predicted molar refractivity (Wildman–Crippen MR) is 53.7 cm³/mol. The zero-order valence-electron chi connectivity index (χ0n) is 6.50. The highest BCUT2D eigenvalue weighted by atomic mass is 35.5. The molecule has 0 aliphatic rings. The summed E-state index contributed by atoms with van der Waals surface area (Å²) >= 11 is 11.1. The van der Waals surface area contributed by atoms with Crippen LogP contribution in [0.4, 0.5) is 4.79 Å². The van der Waals surface area contributed by atoms with Gasteiger partial charge in [-0.3, -0.25) is 0 Å². The van der Waals surface area contributed by atoms with Crippen LogP contribution in [0.25, 0.3) is 0 Å². The number of ether oxygens (including phenoxy) is 2. The van der Waals surface area contributed by atoms with Gasteiger partial charge in [0.25, 0.3) is 3.85 Å². The van der Waals surface area contributed by atoms with Crippen molar-refractivity contribution in [2.24, 2.45) is 0 Å². The average Bonchev–Trinajstić information content (AvgIpc) is 2.02. The van der Waals surface area contributed by atoms with Crippen molar-refractivity contribution >= 4 is 50.1 Å². The molecule has 0 N–H and O–H groups in total. The summed E-state index contributed by atoms with van der Waals surface area (Å²) < 4.78 is 7.84. The lowest BCUT2D eigenvalue weighted by Crippen LogP contribution is -2.08. The Morgan fingerprint density at radius 2 is 2.17 bits per heavy atom. The van der Waals surface area contributed by atoms with Gasteiger partial charge in [-0.1, -0.05) is 23.2 Å². The van der Waals surface area contributed by atoms with Crippen molar-refractivity contribution in [1.29, 1.82) is 0 Å². The molecule has 0 rings (SSSR count). The fourth-order valence-corrected chi connectivity index (χ4v) is 2.07. The molecule has 0 spiro atoms. The molecule has 0 aliphatic carbocycles. The molecule has 0 heterocycles. The molecule has 0 aromatic rings. The highest BCUT2D eigenvalue weighted by Gasteiger charge is 2.26. The summed E-state index contributed by atoms with van der Waals surface area (Å²) in [6, 6.07) is 0. The zero-order chi connectivity index (χ0) is 9.61. The lowest BCUT2D eigenvalue weighted by Gasteiger charge is -2.14. The summed E-state index contributed by atoms with van der Waals surface area (Å²) in [4.78, 5) is 10.8. The molecule has 12 heavy (non-hydrogen) atoms. The minimum absolute atomic E-state index is 0.330. The van der Waals surface area contributed by atoms with E-state index in [9.17, 15) is 4.79 Å². The van der Waals surface area contributed by atoms with E-state index in [0.717, 1.165) is 21.6 Å². The van der Waals surface area contributed by atoms with E-state index in [-0.39, 0.29) is 0 Å². The number of hydrogen-bond donors (Lipinski definition) is 0. The topological polar surface area (TPSA) is 35.5 Å². The summed E-state index contributed by atoms with van der Waals surface area (Å²) in [5.74, 6) is 0. The van der Waals surface area contributed by atoms with Gasteiger partial charge in [-0.05, 0) is 17.7 Å². The lowest BCUT2D eigenvalue weighted by molar-refractivity contribution is 0.181. The van der Waals surface area contributed by atoms with E-state index in [0.29, 0.717) is 6.61 Å². The van der Waals surface area contributed by atoms with Crippen molar-refractivity contribution < 1.29 is 14.3 Å². The Labute approximate surface area is 88.8 Å². The summed E-state index contributed by atoms with van der Waals surface area (Å²) in [5, 5.41) is -0.440. The lowest BCUT2D eigenvalue weighted by atomic mass is 10.9. The first kappa shape index (κ1) is 12.7. The minimum Gasteiger partial charge on any atom is -0.457 e. The second-order valence-corrected chi connectivity index (χ2v) is 5.46. The van der Waals surface area contributed by atoms with Crippen LogP contribution in [-0.2, 0) is 9.47 Å². The first-order valence-electron chi connectivity index (χ1n) is 2.97. The van der Waals surface area contributed by atoms with E-state index in [4.69, 9.17) is 23.2 Å². The van der Waals surface area contributed by atoms with Gasteiger partial charge in [0.15, 0.2) is 0 Å². The molecule has 0 radical (unpaired) electrons. The van der Waals surface area contributed by atoms with Crippen molar-refractivity contribution in [1.82, 2.24) is 0 Å². The standard InChI is InChI=1S/C5H8Cl2O3S2/c1-3-10-4(8)11-12-5(6,7)9-2/h3H2,1-2H3. The van der Waals surface area contributed by atoms with E-state index in [2.05, 4.69) is 9.47 Å². The molecular weight excluding hydrogens is 243 g/mol. The Morgan fingerprint density at radius 1 is 1.58 bits per heavy atom. The smallest absolute Gasteiger partial charge is 0.378 e. The molecule has 0 saturated carbocycles. The molecule has 3 nitrogen and oxygen atoms in total. The number of hydrogen-bond acceptors (Lipinski definition) is 5. The van der Waals surface area contributed by atoms with Crippen molar-refractivity contribution in [3.05, 3.63) is 0 Å². The van der Waals surface area contributed by atoms with Crippen LogP contribution in [0.3, 0.4) is 0 Å². The molecule has 0 aliphatic heterocycles. The van der Waals surface area contributed by atoms with Crippen LogP contribution >= 0.6 is 44.8 Å². The number of carbonyl (C=O) groups is 1. The summed E-state index contributed by atoms with van der Waals surface area (Å²) in [5.41, 5.74) is 0. The molecule has 72 valence electrons. The third-order valence-corrected chi connectivity index (χ3v) is 4.09. The maximum Gasteiger partial charge on any atom is 0.378 e. The SMILES string of the molecule is CCOC(=O)SSC(Cl)(Cl)OC. The van der Waals surface area contributed by atoms with Crippen molar-refractivity contribution in [3.8, 4) is 0 Å². The van der Waals surface area contributed by atoms with Gasteiger partial charge in [-0.25, -0.2) is 4.79 Å². The van der Waals surface area contributed by atoms with E-state index in [1.807, 2.05) is 0 Å². The number of carbonyl (C=O) groups excluding carboxylic acids is 1. The molecule has 0 atom stereocenters. The summed E-state index contributed by atoms with van der Waals surface area (Å²) in [6.07, 6.45) is 0. The van der Waals surface area contributed by atoms with Crippen LogP contribution < -0.4 is 0 Å². The molecule has 0 saturated heterocycles. The fraction of sp³-hybridized carbons (Fsp3) is 0.800. The van der Waals surface area contributed by atoms with Gasteiger partial charge < -0.3 is 9.47 Å². The fourth-order valence-electron chi connectivity index (χ4n) is 0.258. The van der Waals surface area contributed by atoms with Gasteiger partial charge >= 0.3 is 5.30 Å². The van der Waals surface area contributed by atoms with Crippen LogP contribution in [-0.4, -0.2) is 22.9 Å². The Hall–Kier alpha value is 0.710. The second kappa shape index (κ2) is 6.21. The van der Waals surface area contributed by atoms with Crippen LogP contribution in [0.15, 0.2) is 0 Å². The molecule has 0 fully saturated rings. The molecule has 0 bridgehead atoms. The number of alkyl halides is 2. The van der Waals surface area contributed by atoms with E-state index in [1.165, 1.54) is 7.11 Å². The maximum atomic E-state index is 10.8. The van der Waals surface area contributed by atoms with Crippen molar-refractivity contribution in [2.45, 2.75) is 10.8 Å². The van der Waals surface area contributed by atoms with Crippen molar-refractivity contribution in [3.63, 3.8) is 0 Å². The Kier molecular flexibility index (Phi) is 6.57. The highest BCUT2D eigenvalue weighted by molar-refractivity contribution is 8.83. The largest absolute Gasteiger partial charge is 0.457 e. The van der Waals surface area contributed by atoms with Crippen LogP contribution in [0.5, 0.6) is 0 Å². The molecule has 0 aromatic carbocycles. The van der Waals surface area contributed by atoms with Gasteiger partial charge in [0, 0.05) is 17.9 Å². The van der Waals surface area contributed by atoms with E-state index < -0.39 is 9.15 Å². The van der Waals surface area contributed by atoms with E-state index in [1.54, 1.807) is 6.92 Å². The third kappa shape index (κ3) is 6.25. The van der Waals surface area contributed by atoms with Gasteiger partial charge in [0.1, 0.15) is 0 Å². The average molecular weight is 251 g/mol. The van der Waals surface area contributed by atoms with Gasteiger partial charge in [0.05, 0.1) is 6.61 Å². The second-order valence-electron chi connectivity index (χ2n) is 1.52. The highest BCUT2D eigenvalue weighted by Crippen LogP contribution is 2.43. The van der Waals surface area contributed by atoms with Gasteiger partial charge in [-0.15, -0.1) is 0 Å². The van der Waals surface area contributed by atoms with Crippen LogP contribution in [0, 0.1) is 0 Å². The Balaban J connectivity index is 3.60. The van der Waals surface area contributed by atoms with Crippen LogP contribution in [0.1, 0.15) is 6.92 Å². The molecule has 0 aromatic heterocycles. The maximum absolute atomic E-state index is 10.8. The normalized spacial score (nSPS) is 11.3. The van der Waals surface area contributed by atoms with Crippen LogP contribution in [0.2, 0.25) is 0 Å². The molecular formula is C5H8Cl2O3S2. The minimum atomic E-state index is -1.41. The van der Waals surface area contributed by atoms with Gasteiger partial charge in [-0.2, -0.15) is 0 Å². The zero-order valence-corrected chi connectivity index (χ0v) is 9.65. The predicted octanol–water partition coefficient (Wildman–Crippen LogP) is 3.26. The summed E-state index contributed by atoms with van der Waals surface area (Å²) in [7, 11) is 3.02. The Bertz CT molecular complexity index is 154. The van der Waals surface area contributed by atoms with E-state index >= 15 is 0 Å². The Morgan fingerprint density at radius 3 is 2.58 bits per heavy atom. The quantitative estimate of drug-likeness (QED) is 0.331. The first-order chi connectivity index (χ1) is 5.52. The number of methoxy groups -OCH3 is 1. The number of rotatable bonds is 4. The number of halogens is 2. The van der Waals surface area contributed by atoms with Crippen molar-refractivity contribution in [2.75, 3.05) is 13.7 Å². The van der Waals surface area contributed by atoms with Gasteiger partial charge in [0.2, 0.25) is 0 Å². The monoisotopic (exact) mass is 250 g/mol. The molecule has 0 unspecified atom stereocenters. The molecule has 0 amide bonds. The third-order valence-electron chi connectivity index (χ3n) is 0.707. The first-order valence-corrected chi connectivity index (χ1v) is 5.88.